The van der Waals surface area contributed by atoms with Crippen LogP contribution in [0, 0.1) is 17.3 Å². The lowest BCUT2D eigenvalue weighted by atomic mass is 9.69. The smallest absolute Gasteiger partial charge is 0.283 e. The standard InChI is InChI=1S/C19H23NO3/c1-19(2,3)13-10-8-12(9-11-13)17(22)20-15-7-5-4-6-14(15)16(21)18(20)23/h4-7,12-13H,8-11H2,1-3H3. The van der Waals surface area contributed by atoms with Gasteiger partial charge in [-0.25, -0.2) is 4.90 Å². The van der Waals surface area contributed by atoms with E-state index in [1.807, 2.05) is 0 Å². The van der Waals surface area contributed by atoms with E-state index in [4.69, 9.17) is 0 Å². The Balaban J connectivity index is 1.78. The van der Waals surface area contributed by atoms with Crippen molar-refractivity contribution < 1.29 is 14.4 Å². The van der Waals surface area contributed by atoms with E-state index in [1.165, 1.54) is 0 Å². The largest absolute Gasteiger partial charge is 0.306 e. The Morgan fingerprint density at radius 2 is 1.65 bits per heavy atom. The molecule has 1 heterocycles. The van der Waals surface area contributed by atoms with Crippen LogP contribution >= 0.6 is 0 Å². The van der Waals surface area contributed by atoms with Gasteiger partial charge in [-0.3, -0.25) is 14.4 Å². The number of ketones is 1. The summed E-state index contributed by atoms with van der Waals surface area (Å²) in [5.41, 5.74) is 1.04. The Labute approximate surface area is 136 Å². The first kappa shape index (κ1) is 15.9. The second-order valence-electron chi connectivity index (χ2n) is 7.74. The van der Waals surface area contributed by atoms with Crippen molar-refractivity contribution in [2.24, 2.45) is 17.3 Å². The highest BCUT2D eigenvalue weighted by atomic mass is 16.2. The first-order valence-corrected chi connectivity index (χ1v) is 8.32. The molecule has 0 bridgehead atoms. The SMILES string of the molecule is CC(C)(C)C1CCC(C(=O)N2C(=O)C(=O)c3ccccc32)CC1. The third-order valence-corrected chi connectivity index (χ3v) is 5.31. The minimum atomic E-state index is -0.700. The van der Waals surface area contributed by atoms with Gasteiger partial charge in [0.1, 0.15) is 0 Å². The molecule has 0 saturated heterocycles. The maximum Gasteiger partial charge on any atom is 0.306 e. The molecule has 0 atom stereocenters. The first-order chi connectivity index (χ1) is 10.8. The summed E-state index contributed by atoms with van der Waals surface area (Å²) in [4.78, 5) is 38.2. The molecule has 0 unspecified atom stereocenters. The number of imide groups is 1. The van der Waals surface area contributed by atoms with Crippen LogP contribution in [-0.4, -0.2) is 17.6 Å². The molecule has 2 amide bonds. The molecular weight excluding hydrogens is 290 g/mol. The Morgan fingerprint density at radius 1 is 1.04 bits per heavy atom. The summed E-state index contributed by atoms with van der Waals surface area (Å²) in [5, 5.41) is 0. The van der Waals surface area contributed by atoms with Crippen molar-refractivity contribution in [1.29, 1.82) is 0 Å². The summed E-state index contributed by atoms with van der Waals surface area (Å²) in [5.74, 6) is -1.03. The number of benzene rings is 1. The first-order valence-electron chi connectivity index (χ1n) is 8.32. The maximum absolute atomic E-state index is 12.8. The molecule has 0 N–H and O–H groups in total. The predicted octanol–water partition coefficient (Wildman–Crippen LogP) is 3.60. The fourth-order valence-corrected chi connectivity index (χ4v) is 3.79. The van der Waals surface area contributed by atoms with Gasteiger partial charge in [-0.15, -0.1) is 0 Å². The molecule has 1 aliphatic heterocycles. The fraction of sp³-hybridized carbons (Fsp3) is 0.526. The van der Waals surface area contributed by atoms with Gasteiger partial charge in [0.15, 0.2) is 0 Å². The van der Waals surface area contributed by atoms with Crippen molar-refractivity contribution in [2.75, 3.05) is 4.90 Å². The number of carbonyl (C=O) groups excluding carboxylic acids is 3. The minimum Gasteiger partial charge on any atom is -0.283 e. The molecule has 0 aromatic heterocycles. The zero-order valence-corrected chi connectivity index (χ0v) is 14.0. The molecule has 1 saturated carbocycles. The topological polar surface area (TPSA) is 54.5 Å². The summed E-state index contributed by atoms with van der Waals surface area (Å²) in [7, 11) is 0. The summed E-state index contributed by atoms with van der Waals surface area (Å²) in [6, 6.07) is 6.75. The highest BCUT2D eigenvalue weighted by Crippen LogP contribution is 2.41. The Hall–Kier alpha value is -1.97. The summed E-state index contributed by atoms with van der Waals surface area (Å²) in [6.07, 6.45) is 3.58. The second kappa shape index (κ2) is 5.59. The molecule has 3 rings (SSSR count). The number of amides is 2. The van der Waals surface area contributed by atoms with E-state index in [0.717, 1.165) is 30.6 Å². The van der Waals surface area contributed by atoms with Gasteiger partial charge in [0.2, 0.25) is 5.91 Å². The van der Waals surface area contributed by atoms with Crippen molar-refractivity contribution in [2.45, 2.75) is 46.5 Å². The Morgan fingerprint density at radius 3 is 2.26 bits per heavy atom. The average Bonchev–Trinajstić information content (AvgIpc) is 2.78. The van der Waals surface area contributed by atoms with E-state index in [9.17, 15) is 14.4 Å². The highest BCUT2D eigenvalue weighted by molar-refractivity contribution is 6.56. The van der Waals surface area contributed by atoms with Crippen LogP contribution < -0.4 is 4.90 Å². The summed E-state index contributed by atoms with van der Waals surface area (Å²) >= 11 is 0. The molecule has 0 spiro atoms. The molecule has 4 heteroatoms. The van der Waals surface area contributed by atoms with Crippen LogP contribution in [0.1, 0.15) is 56.8 Å². The van der Waals surface area contributed by atoms with Crippen LogP contribution in [0.2, 0.25) is 0 Å². The van der Waals surface area contributed by atoms with Crippen LogP contribution in [0.4, 0.5) is 5.69 Å². The number of carbonyl (C=O) groups is 3. The van der Waals surface area contributed by atoms with E-state index in [0.29, 0.717) is 17.2 Å². The van der Waals surface area contributed by atoms with Crippen LogP contribution in [0.15, 0.2) is 24.3 Å². The van der Waals surface area contributed by atoms with Crippen molar-refractivity contribution in [3.63, 3.8) is 0 Å². The number of nitrogens with zero attached hydrogens (tertiary/aromatic N) is 1. The van der Waals surface area contributed by atoms with Gasteiger partial charge >= 0.3 is 5.91 Å². The van der Waals surface area contributed by atoms with E-state index in [2.05, 4.69) is 20.8 Å². The van der Waals surface area contributed by atoms with Gasteiger partial charge in [0, 0.05) is 5.92 Å². The quantitative estimate of drug-likeness (QED) is 0.588. The number of para-hydroxylation sites is 1. The lowest BCUT2D eigenvalue weighted by molar-refractivity contribution is -0.128. The molecule has 0 radical (unpaired) electrons. The van der Waals surface area contributed by atoms with E-state index in [-0.39, 0.29) is 17.2 Å². The summed E-state index contributed by atoms with van der Waals surface area (Å²) < 4.78 is 0. The zero-order valence-electron chi connectivity index (χ0n) is 14.0. The van der Waals surface area contributed by atoms with Gasteiger partial charge < -0.3 is 0 Å². The lowest BCUT2D eigenvalue weighted by Gasteiger charge is -2.37. The van der Waals surface area contributed by atoms with Crippen molar-refractivity contribution in [3.8, 4) is 0 Å². The number of Topliss-reactive ketones (excluding diaryl/α,β-unsaturated/α-hetero) is 1. The van der Waals surface area contributed by atoms with Gasteiger partial charge in [0.05, 0.1) is 11.3 Å². The molecule has 1 aromatic carbocycles. The number of rotatable bonds is 1. The second-order valence-corrected chi connectivity index (χ2v) is 7.74. The van der Waals surface area contributed by atoms with E-state index < -0.39 is 11.7 Å². The average molecular weight is 313 g/mol. The van der Waals surface area contributed by atoms with E-state index in [1.54, 1.807) is 24.3 Å². The van der Waals surface area contributed by atoms with Crippen LogP contribution in [0.5, 0.6) is 0 Å². The van der Waals surface area contributed by atoms with Crippen LogP contribution in [-0.2, 0) is 9.59 Å². The van der Waals surface area contributed by atoms with Crippen LogP contribution in [0.25, 0.3) is 0 Å². The lowest BCUT2D eigenvalue weighted by Crippen LogP contribution is -2.41. The fourth-order valence-electron chi connectivity index (χ4n) is 3.79. The monoisotopic (exact) mass is 313 g/mol. The van der Waals surface area contributed by atoms with Crippen LogP contribution in [0.3, 0.4) is 0 Å². The van der Waals surface area contributed by atoms with Crippen molar-refractivity contribution >= 4 is 23.3 Å². The van der Waals surface area contributed by atoms with Crippen molar-refractivity contribution in [3.05, 3.63) is 29.8 Å². The van der Waals surface area contributed by atoms with Gasteiger partial charge in [0.25, 0.3) is 5.78 Å². The maximum atomic E-state index is 12.8. The van der Waals surface area contributed by atoms with Crippen molar-refractivity contribution in [1.82, 2.24) is 0 Å². The van der Waals surface area contributed by atoms with Gasteiger partial charge in [-0.1, -0.05) is 32.9 Å². The molecule has 1 aromatic rings. The molecule has 1 aliphatic carbocycles. The number of hydrogen-bond acceptors (Lipinski definition) is 3. The molecule has 23 heavy (non-hydrogen) atoms. The van der Waals surface area contributed by atoms with Gasteiger partial charge in [-0.2, -0.15) is 0 Å². The number of fused-ring (bicyclic) bond motifs is 1. The summed E-state index contributed by atoms with van der Waals surface area (Å²) in [6.45, 7) is 6.70. The van der Waals surface area contributed by atoms with Gasteiger partial charge in [-0.05, 0) is 49.1 Å². The molecule has 122 valence electrons. The zero-order chi connectivity index (χ0) is 16.8. The Kier molecular flexibility index (Phi) is 3.86. The highest BCUT2D eigenvalue weighted by Gasteiger charge is 2.43. The molecule has 2 aliphatic rings. The Bertz CT molecular complexity index is 663. The molecule has 1 fully saturated rings. The molecule has 4 nitrogen and oxygen atoms in total. The minimum absolute atomic E-state index is 0.156. The number of anilines is 1. The number of hydrogen-bond donors (Lipinski definition) is 0. The third-order valence-electron chi connectivity index (χ3n) is 5.31. The molecular formula is C19H23NO3. The van der Waals surface area contributed by atoms with E-state index >= 15 is 0 Å². The normalized spacial score (nSPS) is 24.7. The third kappa shape index (κ3) is 2.71. The predicted molar refractivity (Wildman–Crippen MR) is 88.2 cm³/mol.